The largest absolute Gasteiger partial charge is 0.472 e. The number of hydrogen-bond donors (Lipinski definition) is 6. The van der Waals surface area contributed by atoms with E-state index in [0.717, 1.165) is 51.4 Å². The highest BCUT2D eigenvalue weighted by atomic mass is 31.2. The van der Waals surface area contributed by atoms with Crippen LogP contribution >= 0.6 is 7.82 Å². The smallest absolute Gasteiger partial charge is 0.462 e. The van der Waals surface area contributed by atoms with Gasteiger partial charge in [-0.05, 0) is 57.8 Å². The summed E-state index contributed by atoms with van der Waals surface area (Å²) in [6, 6.07) is 0. The van der Waals surface area contributed by atoms with Crippen molar-refractivity contribution < 1.29 is 63.1 Å². The van der Waals surface area contributed by atoms with E-state index < -0.39 is 75.7 Å². The summed E-state index contributed by atoms with van der Waals surface area (Å²) in [7, 11) is -5.13. The number of ether oxygens (including phenoxy) is 2. The fraction of sp³-hybridized carbons (Fsp3) is 0.818. The van der Waals surface area contributed by atoms with Gasteiger partial charge >= 0.3 is 19.8 Å². The molecule has 0 saturated heterocycles. The number of unbranched alkanes of at least 4 members (excludes halogenated alkanes) is 18. The molecule has 1 fully saturated rings. The topological polar surface area (TPSA) is 210 Å². The number of aliphatic hydroxyl groups is 5. The van der Waals surface area contributed by atoms with Crippen LogP contribution in [0.2, 0.25) is 0 Å². The molecular weight excluding hydrogens is 767 g/mol. The molecule has 0 aliphatic heterocycles. The van der Waals surface area contributed by atoms with E-state index in [-0.39, 0.29) is 12.8 Å². The third kappa shape index (κ3) is 27.0. The second-order valence-electron chi connectivity index (χ2n) is 15.5. The molecule has 13 nitrogen and oxygen atoms in total. The Balaban J connectivity index is 2.51. The standard InChI is InChI=1S/C44H79O13P/c1-3-5-7-9-11-13-15-17-18-19-21-22-24-26-28-30-32-37(45)54-34-36(35-55-58(52,53)57-44-42(50)40(48)39(47)41(49)43(44)51)56-38(46)33-31-29-27-25-23-20-16-14-12-10-8-6-4-2/h18-20,23,27,29,36,39-44,47-51H,3-17,21-22,24-26,28,30-35H2,1-2H3,(H,52,53)/b19-18+,23-20+,29-27+/t36?,39?,40-,41?,42?,43?,44?/m0/s1. The first-order valence-corrected chi connectivity index (χ1v) is 23.8. The number of phosphoric ester groups is 1. The summed E-state index contributed by atoms with van der Waals surface area (Å²) in [5.41, 5.74) is 0. The van der Waals surface area contributed by atoms with E-state index in [4.69, 9.17) is 18.5 Å². The summed E-state index contributed by atoms with van der Waals surface area (Å²) in [4.78, 5) is 35.6. The quantitative estimate of drug-likeness (QED) is 0.0152. The number of aliphatic hydroxyl groups excluding tert-OH is 5. The molecule has 0 aromatic heterocycles. The van der Waals surface area contributed by atoms with Crippen molar-refractivity contribution in [3.63, 3.8) is 0 Å². The molecule has 0 bridgehead atoms. The molecule has 6 N–H and O–H groups in total. The highest BCUT2D eigenvalue weighted by Crippen LogP contribution is 2.47. The summed E-state index contributed by atoms with van der Waals surface area (Å²) in [5, 5.41) is 50.0. The molecule has 0 aromatic carbocycles. The molecule has 0 amide bonds. The lowest BCUT2D eigenvalue weighted by atomic mass is 9.85. The number of hydrogen-bond acceptors (Lipinski definition) is 12. The zero-order valence-corrected chi connectivity index (χ0v) is 36.5. The van der Waals surface area contributed by atoms with Crippen LogP contribution < -0.4 is 0 Å². The van der Waals surface area contributed by atoms with Crippen molar-refractivity contribution in [1.82, 2.24) is 0 Å². The van der Waals surface area contributed by atoms with E-state index in [0.29, 0.717) is 12.8 Å². The Morgan fingerprint density at radius 1 is 0.534 bits per heavy atom. The summed E-state index contributed by atoms with van der Waals surface area (Å²) in [6.45, 7) is 3.22. The minimum absolute atomic E-state index is 0.0107. The molecule has 0 aromatic rings. The predicted molar refractivity (Wildman–Crippen MR) is 226 cm³/mol. The van der Waals surface area contributed by atoms with E-state index in [9.17, 15) is 44.6 Å². The maximum absolute atomic E-state index is 12.8. The maximum Gasteiger partial charge on any atom is 0.472 e. The lowest BCUT2D eigenvalue weighted by Gasteiger charge is -2.41. The number of carbonyl (C=O) groups excluding carboxylic acids is 2. The van der Waals surface area contributed by atoms with E-state index in [2.05, 4.69) is 38.2 Å². The van der Waals surface area contributed by atoms with Crippen LogP contribution in [0.5, 0.6) is 0 Å². The first-order valence-electron chi connectivity index (χ1n) is 22.3. The Bertz CT molecular complexity index is 1160. The van der Waals surface area contributed by atoms with Crippen molar-refractivity contribution >= 4 is 19.8 Å². The molecule has 8 atom stereocenters. The zero-order valence-electron chi connectivity index (χ0n) is 35.6. The number of carbonyl (C=O) groups is 2. The highest BCUT2D eigenvalue weighted by molar-refractivity contribution is 7.47. The van der Waals surface area contributed by atoms with Crippen LogP contribution in [0.25, 0.3) is 0 Å². The Morgan fingerprint density at radius 2 is 0.966 bits per heavy atom. The summed E-state index contributed by atoms with van der Waals surface area (Å²) < 4.78 is 33.4. The number of rotatable bonds is 36. The molecule has 1 aliphatic rings. The molecule has 1 aliphatic carbocycles. The van der Waals surface area contributed by atoms with Gasteiger partial charge in [-0.15, -0.1) is 0 Å². The first kappa shape index (κ1) is 54.1. The van der Waals surface area contributed by atoms with Gasteiger partial charge in [-0.3, -0.25) is 18.6 Å². The lowest BCUT2D eigenvalue weighted by Crippen LogP contribution is -2.64. The Kier molecular flexibility index (Phi) is 32.4. The Labute approximate surface area is 348 Å². The molecule has 0 radical (unpaired) electrons. The minimum atomic E-state index is -5.13. The minimum Gasteiger partial charge on any atom is -0.462 e. The monoisotopic (exact) mass is 847 g/mol. The van der Waals surface area contributed by atoms with E-state index in [1.54, 1.807) is 0 Å². The van der Waals surface area contributed by atoms with E-state index >= 15 is 0 Å². The van der Waals surface area contributed by atoms with Crippen molar-refractivity contribution in [3.8, 4) is 0 Å². The maximum atomic E-state index is 12.8. The van der Waals surface area contributed by atoms with Gasteiger partial charge in [0.15, 0.2) is 6.10 Å². The molecule has 0 spiro atoms. The normalized spacial score (nSPS) is 22.8. The molecular formula is C44H79O13P. The van der Waals surface area contributed by atoms with Gasteiger partial charge in [-0.1, -0.05) is 140 Å². The van der Waals surface area contributed by atoms with Crippen molar-refractivity contribution in [2.24, 2.45) is 0 Å². The highest BCUT2D eigenvalue weighted by Gasteiger charge is 2.51. The Hall–Kier alpha value is -1.93. The molecule has 1 saturated carbocycles. The van der Waals surface area contributed by atoms with Crippen LogP contribution in [0.15, 0.2) is 36.5 Å². The van der Waals surface area contributed by atoms with Crippen molar-refractivity contribution in [2.45, 2.75) is 217 Å². The zero-order chi connectivity index (χ0) is 42.9. The van der Waals surface area contributed by atoms with Crippen LogP contribution in [-0.2, 0) is 32.7 Å². The molecule has 338 valence electrons. The van der Waals surface area contributed by atoms with E-state index in [1.165, 1.54) is 83.5 Å². The van der Waals surface area contributed by atoms with Crippen LogP contribution in [0.4, 0.5) is 0 Å². The van der Waals surface area contributed by atoms with Gasteiger partial charge in [0, 0.05) is 12.8 Å². The van der Waals surface area contributed by atoms with Gasteiger partial charge in [0.2, 0.25) is 0 Å². The van der Waals surface area contributed by atoms with Gasteiger partial charge in [0.05, 0.1) is 6.61 Å². The number of phosphoric acid groups is 1. The molecule has 0 heterocycles. The molecule has 58 heavy (non-hydrogen) atoms. The average molecular weight is 847 g/mol. The van der Waals surface area contributed by atoms with Crippen LogP contribution in [0.1, 0.15) is 174 Å². The van der Waals surface area contributed by atoms with Crippen LogP contribution in [-0.4, -0.2) is 98.3 Å². The van der Waals surface area contributed by atoms with Crippen molar-refractivity contribution in [1.29, 1.82) is 0 Å². The Morgan fingerprint density at radius 3 is 1.48 bits per heavy atom. The lowest BCUT2D eigenvalue weighted by molar-refractivity contribution is -0.220. The fourth-order valence-corrected chi connectivity index (χ4v) is 7.54. The number of esters is 2. The predicted octanol–water partition coefficient (Wildman–Crippen LogP) is 8.22. The van der Waals surface area contributed by atoms with Crippen LogP contribution in [0, 0.1) is 0 Å². The summed E-state index contributed by atoms with van der Waals surface area (Å²) in [6.07, 6.45) is 25.1. The average Bonchev–Trinajstić information content (AvgIpc) is 3.20. The molecule has 1 rings (SSSR count). The van der Waals surface area contributed by atoms with Gasteiger partial charge in [-0.25, -0.2) is 4.57 Å². The second kappa shape index (κ2) is 34.7. The summed E-state index contributed by atoms with van der Waals surface area (Å²) in [5.74, 6) is -1.19. The van der Waals surface area contributed by atoms with Gasteiger partial charge < -0.3 is 39.9 Å². The SMILES string of the molecule is CCCCCCCC/C=C/C/C=C/CCC(=O)OC(COC(=O)CCCCCCC/C=C/CCCCCCCCC)COP(=O)(O)OC1C(O)C(O)C(O)[C@H](O)C1O. The van der Waals surface area contributed by atoms with Crippen LogP contribution in [0.3, 0.4) is 0 Å². The number of allylic oxidation sites excluding steroid dienone is 6. The van der Waals surface area contributed by atoms with E-state index in [1.807, 2.05) is 12.2 Å². The second-order valence-corrected chi connectivity index (χ2v) is 16.9. The summed E-state index contributed by atoms with van der Waals surface area (Å²) >= 11 is 0. The third-order valence-electron chi connectivity index (χ3n) is 10.2. The van der Waals surface area contributed by atoms with Gasteiger partial charge in [0.25, 0.3) is 0 Å². The first-order chi connectivity index (χ1) is 27.9. The molecule has 14 heteroatoms. The fourth-order valence-electron chi connectivity index (χ4n) is 6.57. The van der Waals surface area contributed by atoms with Crippen molar-refractivity contribution in [2.75, 3.05) is 13.2 Å². The molecule has 7 unspecified atom stereocenters. The van der Waals surface area contributed by atoms with Gasteiger partial charge in [0.1, 0.15) is 43.2 Å². The van der Waals surface area contributed by atoms with Crippen molar-refractivity contribution in [3.05, 3.63) is 36.5 Å². The van der Waals surface area contributed by atoms with Gasteiger partial charge in [-0.2, -0.15) is 0 Å². The third-order valence-corrected chi connectivity index (χ3v) is 11.2.